The topological polar surface area (TPSA) is 55.4 Å². The fraction of sp³-hybridized carbons (Fsp3) is 0.227. The fourth-order valence-corrected chi connectivity index (χ4v) is 4.17. The molecule has 0 amide bonds. The maximum absolute atomic E-state index is 13.5. The van der Waals surface area contributed by atoms with Gasteiger partial charge in [-0.3, -0.25) is 14.3 Å². The average molecular weight is 424 g/mol. The minimum absolute atomic E-state index is 0.0654. The molecule has 1 aliphatic rings. The summed E-state index contributed by atoms with van der Waals surface area (Å²) in [5, 5.41) is 5.02. The minimum Gasteiger partial charge on any atom is -0.294 e. The third kappa shape index (κ3) is 3.51. The van der Waals surface area contributed by atoms with Gasteiger partial charge in [-0.05, 0) is 35.4 Å². The molecule has 0 saturated heterocycles. The van der Waals surface area contributed by atoms with Gasteiger partial charge in [-0.1, -0.05) is 35.9 Å². The van der Waals surface area contributed by atoms with Gasteiger partial charge in [-0.25, -0.2) is 8.91 Å². The molecule has 0 unspecified atom stereocenters. The molecular weight excluding hydrogens is 405 g/mol. The molecule has 5 rings (SSSR count). The molecule has 0 spiro atoms. The Labute approximate surface area is 177 Å². The first-order valence-corrected chi connectivity index (χ1v) is 10.1. The first kappa shape index (κ1) is 19.0. The highest BCUT2D eigenvalue weighted by molar-refractivity contribution is 6.30. The zero-order valence-corrected chi connectivity index (χ0v) is 16.9. The van der Waals surface area contributed by atoms with E-state index in [0.717, 1.165) is 23.4 Å². The summed E-state index contributed by atoms with van der Waals surface area (Å²) in [6.45, 7) is 2.22. The van der Waals surface area contributed by atoms with Crippen molar-refractivity contribution in [3.8, 4) is 0 Å². The van der Waals surface area contributed by atoms with E-state index in [1.807, 2.05) is 30.3 Å². The smallest absolute Gasteiger partial charge is 0.260 e. The van der Waals surface area contributed by atoms with Crippen LogP contribution in [0.4, 0.5) is 4.39 Å². The first-order chi connectivity index (χ1) is 14.6. The number of hydrogen-bond acceptors (Lipinski definition) is 4. The van der Waals surface area contributed by atoms with E-state index < -0.39 is 0 Å². The first-order valence-electron chi connectivity index (χ1n) is 9.74. The van der Waals surface area contributed by atoms with Crippen molar-refractivity contribution < 1.29 is 4.39 Å². The van der Waals surface area contributed by atoms with E-state index in [4.69, 9.17) is 11.6 Å². The molecule has 0 bridgehead atoms. The summed E-state index contributed by atoms with van der Waals surface area (Å²) in [7, 11) is 0. The monoisotopic (exact) mass is 423 g/mol. The van der Waals surface area contributed by atoms with Crippen molar-refractivity contribution in [2.75, 3.05) is 6.54 Å². The highest BCUT2D eigenvalue weighted by Gasteiger charge is 2.25. The second kappa shape index (κ2) is 7.66. The zero-order valence-electron chi connectivity index (χ0n) is 16.1. The molecule has 8 heteroatoms. The summed E-state index contributed by atoms with van der Waals surface area (Å²) in [5.41, 5.74) is 3.39. The quantitative estimate of drug-likeness (QED) is 0.505. The van der Waals surface area contributed by atoms with E-state index in [-0.39, 0.29) is 11.4 Å². The predicted molar refractivity (Wildman–Crippen MR) is 112 cm³/mol. The Morgan fingerprint density at radius 2 is 1.90 bits per heavy atom. The Morgan fingerprint density at radius 1 is 1.07 bits per heavy atom. The van der Waals surface area contributed by atoms with Gasteiger partial charge in [0.1, 0.15) is 12.1 Å². The van der Waals surface area contributed by atoms with Crippen LogP contribution >= 0.6 is 11.6 Å². The third-order valence-corrected chi connectivity index (χ3v) is 5.73. The normalized spacial score (nSPS) is 14.2. The van der Waals surface area contributed by atoms with Gasteiger partial charge in [0.25, 0.3) is 5.56 Å². The number of nitrogens with zero attached hydrogens (tertiary/aromatic N) is 5. The van der Waals surface area contributed by atoms with Gasteiger partial charge in [-0.15, -0.1) is 0 Å². The van der Waals surface area contributed by atoms with E-state index in [9.17, 15) is 9.18 Å². The molecule has 4 aromatic rings. The molecule has 2 aromatic heterocycles. The van der Waals surface area contributed by atoms with Gasteiger partial charge in [0.15, 0.2) is 0 Å². The number of halogens is 2. The molecule has 0 N–H and O–H groups in total. The van der Waals surface area contributed by atoms with Crippen LogP contribution in [0.1, 0.15) is 22.4 Å². The van der Waals surface area contributed by atoms with Crippen LogP contribution < -0.4 is 5.56 Å². The van der Waals surface area contributed by atoms with Crippen molar-refractivity contribution in [2.45, 2.75) is 26.1 Å². The highest BCUT2D eigenvalue weighted by atomic mass is 35.5. The standard InChI is InChI=1S/C22H19ClFN5O/c23-17-6-4-15(5-7-17)12-28-21(30)19-13-27(11-16-2-1-3-18(24)10-16)9-8-20(19)29-22(28)25-14-26-29/h1-7,10,14H,8-9,11-13H2. The second-order valence-electron chi connectivity index (χ2n) is 7.51. The predicted octanol–water partition coefficient (Wildman–Crippen LogP) is 3.29. The molecule has 0 saturated carbocycles. The number of fused-ring (bicyclic) bond motifs is 3. The maximum atomic E-state index is 13.5. The molecule has 30 heavy (non-hydrogen) atoms. The van der Waals surface area contributed by atoms with Crippen molar-refractivity contribution >= 4 is 17.4 Å². The summed E-state index contributed by atoms with van der Waals surface area (Å²) in [5.74, 6) is 0.284. The van der Waals surface area contributed by atoms with Crippen LogP contribution in [-0.4, -0.2) is 30.6 Å². The van der Waals surface area contributed by atoms with Crippen molar-refractivity contribution in [2.24, 2.45) is 0 Å². The van der Waals surface area contributed by atoms with Crippen LogP contribution in [-0.2, 0) is 26.1 Å². The van der Waals surface area contributed by atoms with Crippen molar-refractivity contribution in [3.63, 3.8) is 0 Å². The lowest BCUT2D eigenvalue weighted by Gasteiger charge is -2.29. The summed E-state index contributed by atoms with van der Waals surface area (Å²) in [6.07, 6.45) is 2.16. The van der Waals surface area contributed by atoms with Crippen molar-refractivity contribution in [3.05, 3.63) is 98.4 Å². The van der Waals surface area contributed by atoms with E-state index >= 15 is 0 Å². The van der Waals surface area contributed by atoms with Gasteiger partial charge >= 0.3 is 0 Å². The summed E-state index contributed by atoms with van der Waals surface area (Å²) in [4.78, 5) is 19.9. The zero-order chi connectivity index (χ0) is 20.7. The molecule has 6 nitrogen and oxygen atoms in total. The highest BCUT2D eigenvalue weighted by Crippen LogP contribution is 2.20. The second-order valence-corrected chi connectivity index (χ2v) is 7.94. The lowest BCUT2D eigenvalue weighted by atomic mass is 10.1. The SMILES string of the molecule is O=c1c2c(n3ncnc3n1Cc1ccc(Cl)cc1)CCN(Cc1cccc(F)c1)C2. The Bertz CT molecular complexity index is 1280. The van der Waals surface area contributed by atoms with Crippen molar-refractivity contribution in [1.29, 1.82) is 0 Å². The molecule has 2 aromatic carbocycles. The fourth-order valence-electron chi connectivity index (χ4n) is 4.04. The average Bonchev–Trinajstić information content (AvgIpc) is 3.22. The molecular formula is C22H19ClFN5O. The third-order valence-electron chi connectivity index (χ3n) is 5.47. The Balaban J connectivity index is 1.51. The van der Waals surface area contributed by atoms with E-state index in [1.165, 1.54) is 18.5 Å². The van der Waals surface area contributed by atoms with Gasteiger partial charge in [-0.2, -0.15) is 10.1 Å². The van der Waals surface area contributed by atoms with Crippen LogP contribution in [0.15, 0.2) is 59.7 Å². The lowest BCUT2D eigenvalue weighted by molar-refractivity contribution is 0.239. The largest absolute Gasteiger partial charge is 0.294 e. The molecule has 3 heterocycles. The summed E-state index contributed by atoms with van der Waals surface area (Å²) in [6, 6.07) is 14.0. The minimum atomic E-state index is -0.250. The molecule has 0 atom stereocenters. The molecule has 152 valence electrons. The molecule has 1 aliphatic heterocycles. The molecule has 0 fully saturated rings. The number of aromatic nitrogens is 4. The van der Waals surface area contributed by atoms with Crippen LogP contribution in [0, 0.1) is 5.82 Å². The Kier molecular flexibility index (Phi) is 4.84. The van der Waals surface area contributed by atoms with E-state index in [1.54, 1.807) is 15.1 Å². The van der Waals surface area contributed by atoms with Gasteiger partial charge in [0, 0.05) is 31.1 Å². The van der Waals surface area contributed by atoms with Crippen LogP contribution in [0.5, 0.6) is 0 Å². The molecule has 0 radical (unpaired) electrons. The van der Waals surface area contributed by atoms with E-state index in [2.05, 4.69) is 15.0 Å². The summed E-state index contributed by atoms with van der Waals surface area (Å²) < 4.78 is 17.0. The van der Waals surface area contributed by atoms with Crippen LogP contribution in [0.3, 0.4) is 0 Å². The Morgan fingerprint density at radius 3 is 2.70 bits per heavy atom. The van der Waals surface area contributed by atoms with E-state index in [0.29, 0.717) is 42.4 Å². The Hall–Kier alpha value is -3.03. The maximum Gasteiger partial charge on any atom is 0.260 e. The van der Waals surface area contributed by atoms with Crippen molar-refractivity contribution in [1.82, 2.24) is 24.1 Å². The number of rotatable bonds is 4. The number of benzene rings is 2. The van der Waals surface area contributed by atoms with Crippen LogP contribution in [0.2, 0.25) is 5.02 Å². The van der Waals surface area contributed by atoms with Crippen LogP contribution in [0.25, 0.3) is 5.78 Å². The molecule has 0 aliphatic carbocycles. The van der Waals surface area contributed by atoms with Gasteiger partial charge < -0.3 is 0 Å². The van der Waals surface area contributed by atoms with Gasteiger partial charge in [0.2, 0.25) is 5.78 Å². The summed E-state index contributed by atoms with van der Waals surface area (Å²) >= 11 is 5.99. The number of hydrogen-bond donors (Lipinski definition) is 0. The lowest BCUT2D eigenvalue weighted by Crippen LogP contribution is -2.39. The van der Waals surface area contributed by atoms with Gasteiger partial charge in [0.05, 0.1) is 17.8 Å².